The Balaban J connectivity index is -0.0000000267. The molecule has 4 heteroatoms. The Morgan fingerprint density at radius 2 is 1.12 bits per heavy atom. The molecule has 3 N–H and O–H groups in total. The fourth-order valence-electron chi connectivity index (χ4n) is 0. The van der Waals surface area contributed by atoms with Crippen molar-refractivity contribution in [3.05, 3.63) is 0 Å². The van der Waals surface area contributed by atoms with Crippen molar-refractivity contribution in [1.29, 1.82) is 0 Å². The first kappa shape index (κ1) is 22.7. The summed E-state index contributed by atoms with van der Waals surface area (Å²) >= 11 is 0. The van der Waals surface area contributed by atoms with Gasteiger partial charge in [0.05, 0.1) is 5.60 Å². The minimum absolute atomic E-state index is 0. The zero-order chi connectivity index (χ0) is 4.50. The predicted molar refractivity (Wildman–Crippen MR) is 42.7 cm³/mol. The quantitative estimate of drug-likeness (QED) is 0.399. The molecule has 0 aromatic heterocycles. The molecule has 0 heterocycles. The molecular weight excluding hydrogens is 130 g/mol. The van der Waals surface area contributed by atoms with Crippen molar-refractivity contribution in [2.45, 2.75) is 26.4 Å². The first-order chi connectivity index (χ1) is 2.00. The van der Waals surface area contributed by atoms with Crippen LogP contribution < -0.4 is 0 Å². The molecule has 0 saturated heterocycles. The van der Waals surface area contributed by atoms with Gasteiger partial charge in [-0.25, -0.2) is 0 Å². The van der Waals surface area contributed by atoms with E-state index in [1.807, 2.05) is 0 Å². The average Bonchev–Trinajstić information content (AvgIpc) is 0.722. The van der Waals surface area contributed by atoms with Crippen LogP contribution in [0.5, 0.6) is 0 Å². The number of rotatable bonds is 0. The predicted octanol–water partition coefficient (Wildman–Crippen LogP) is -1.88. The Bertz CT molecular complexity index is 29.5. The molecule has 0 spiro atoms. The minimum atomic E-state index is -0.500. The van der Waals surface area contributed by atoms with Gasteiger partial charge in [0.25, 0.3) is 0 Å². The summed E-state index contributed by atoms with van der Waals surface area (Å²) in [5.41, 5.74) is -0.500. The molecule has 0 aliphatic rings. The van der Waals surface area contributed by atoms with E-state index in [1.165, 1.54) is 0 Å². The van der Waals surface area contributed by atoms with Gasteiger partial charge in [-0.05, 0) is 20.8 Å². The van der Waals surface area contributed by atoms with Crippen molar-refractivity contribution < 1.29 is 10.6 Å². The third-order valence-corrected chi connectivity index (χ3v) is 0. The molecule has 0 amide bonds. The Kier molecular flexibility index (Phi) is 24.0. The van der Waals surface area contributed by atoms with Crippen LogP contribution in [-0.4, -0.2) is 63.1 Å². The van der Waals surface area contributed by atoms with Gasteiger partial charge < -0.3 is 10.6 Å². The first-order valence-electron chi connectivity index (χ1n) is 1.72. The van der Waals surface area contributed by atoms with Gasteiger partial charge in [0.15, 0.2) is 17.4 Å². The first-order valence-corrected chi connectivity index (χ1v) is 1.72. The van der Waals surface area contributed by atoms with Gasteiger partial charge >= 0.3 is 29.6 Å². The van der Waals surface area contributed by atoms with Crippen molar-refractivity contribution in [2.24, 2.45) is 0 Å². The van der Waals surface area contributed by atoms with Crippen LogP contribution in [0.25, 0.3) is 0 Å². The molecule has 8 heavy (non-hydrogen) atoms. The molecule has 0 aromatic rings. The van der Waals surface area contributed by atoms with Gasteiger partial charge in [0, 0.05) is 0 Å². The molecule has 0 atom stereocenters. The fourth-order valence-corrected chi connectivity index (χ4v) is 0. The summed E-state index contributed by atoms with van der Waals surface area (Å²) in [5, 5.41) is 8.52. The summed E-state index contributed by atoms with van der Waals surface area (Å²) in [6, 6.07) is 0. The molecule has 0 saturated carbocycles. The molecule has 0 aliphatic carbocycles. The van der Waals surface area contributed by atoms with Crippen LogP contribution in [0.4, 0.5) is 0 Å². The van der Waals surface area contributed by atoms with Crippen molar-refractivity contribution in [3.63, 3.8) is 0 Å². The standard InChI is InChI=1S/C4H10O.Al.Na.H2O.4H/c1-4(2,3)5;;;;;;;/h5H,1-3H3;;;1H2;;;;. The van der Waals surface area contributed by atoms with Gasteiger partial charge in [-0.2, -0.15) is 0 Å². The molecule has 0 radical (unpaired) electrons. The van der Waals surface area contributed by atoms with Gasteiger partial charge in [0.1, 0.15) is 0 Å². The van der Waals surface area contributed by atoms with Crippen LogP contribution in [0.2, 0.25) is 0 Å². The molecule has 0 fully saturated rings. The molecular formula is C4H16AlNaO2. The van der Waals surface area contributed by atoms with Gasteiger partial charge in [-0.1, -0.05) is 0 Å². The Hall–Kier alpha value is 1.45. The normalized spacial score (nSPS) is 7.50. The van der Waals surface area contributed by atoms with E-state index in [1.54, 1.807) is 20.8 Å². The summed E-state index contributed by atoms with van der Waals surface area (Å²) in [6.45, 7) is 5.23. The third-order valence-electron chi connectivity index (χ3n) is 0. The third kappa shape index (κ3) is 147. The van der Waals surface area contributed by atoms with E-state index < -0.39 is 5.60 Å². The maximum absolute atomic E-state index is 8.52. The molecule has 48 valence electrons. The van der Waals surface area contributed by atoms with Crippen molar-refractivity contribution in [2.75, 3.05) is 0 Å². The second-order valence-electron chi connectivity index (χ2n) is 2.17. The van der Waals surface area contributed by atoms with E-state index in [9.17, 15) is 0 Å². The van der Waals surface area contributed by atoms with E-state index in [2.05, 4.69) is 0 Å². The Morgan fingerprint density at radius 1 is 1.12 bits per heavy atom. The number of hydrogen-bond acceptors (Lipinski definition) is 1. The summed E-state index contributed by atoms with van der Waals surface area (Å²) in [7, 11) is 0. The Labute approximate surface area is 83.4 Å². The van der Waals surface area contributed by atoms with E-state index >= 15 is 0 Å². The summed E-state index contributed by atoms with van der Waals surface area (Å²) < 4.78 is 0. The molecule has 0 rings (SSSR count). The molecule has 2 nitrogen and oxygen atoms in total. The molecule has 0 aromatic carbocycles. The van der Waals surface area contributed by atoms with Crippen molar-refractivity contribution in [3.8, 4) is 0 Å². The van der Waals surface area contributed by atoms with Crippen LogP contribution in [0, 0.1) is 0 Å². The van der Waals surface area contributed by atoms with Crippen molar-refractivity contribution in [1.82, 2.24) is 0 Å². The second kappa shape index (κ2) is 8.45. The molecule has 0 unspecified atom stereocenters. The van der Waals surface area contributed by atoms with Crippen LogP contribution in [0.3, 0.4) is 0 Å². The van der Waals surface area contributed by atoms with Gasteiger partial charge in [0.2, 0.25) is 0 Å². The van der Waals surface area contributed by atoms with E-state index in [4.69, 9.17) is 5.11 Å². The van der Waals surface area contributed by atoms with Gasteiger partial charge in [-0.3, -0.25) is 0 Å². The zero-order valence-electron chi connectivity index (χ0n) is 4.45. The maximum atomic E-state index is 8.52. The van der Waals surface area contributed by atoms with Crippen LogP contribution in [-0.2, 0) is 0 Å². The summed E-state index contributed by atoms with van der Waals surface area (Å²) in [6.07, 6.45) is 0. The summed E-state index contributed by atoms with van der Waals surface area (Å²) in [5.74, 6) is 0. The molecule has 0 bridgehead atoms. The Morgan fingerprint density at radius 3 is 1.12 bits per heavy atom. The summed E-state index contributed by atoms with van der Waals surface area (Å²) in [4.78, 5) is 0. The SMILES string of the molecule is CC(C)(C)O.O.[AlH3].[NaH]. The van der Waals surface area contributed by atoms with E-state index in [-0.39, 0.29) is 52.4 Å². The molecule has 0 aliphatic heterocycles. The van der Waals surface area contributed by atoms with Crippen LogP contribution in [0.15, 0.2) is 0 Å². The fraction of sp³-hybridized carbons (Fsp3) is 1.00. The topological polar surface area (TPSA) is 51.7 Å². The van der Waals surface area contributed by atoms with Crippen molar-refractivity contribution >= 4 is 46.9 Å². The monoisotopic (exact) mass is 146 g/mol. The number of aliphatic hydroxyl groups is 1. The zero-order valence-corrected chi connectivity index (χ0v) is 4.45. The average molecular weight is 146 g/mol. The second-order valence-corrected chi connectivity index (χ2v) is 2.17. The van der Waals surface area contributed by atoms with Crippen LogP contribution >= 0.6 is 0 Å². The van der Waals surface area contributed by atoms with E-state index in [0.29, 0.717) is 0 Å². The van der Waals surface area contributed by atoms with Gasteiger partial charge in [-0.15, -0.1) is 0 Å². The number of hydrogen-bond donors (Lipinski definition) is 1. The van der Waals surface area contributed by atoms with Crippen LogP contribution in [0.1, 0.15) is 20.8 Å². The van der Waals surface area contributed by atoms with E-state index in [0.717, 1.165) is 0 Å².